The molecule has 2 N–H and O–H groups in total. The standard InChI is InChI=1S/C15H24N8O3/c1-4-21-5-7-22(8-6-21)9-11-12(15(24)25-10(2)3)17-20-23(11)14-13(16)18-26-19-14/h10H,4-9H2,1-3H3,(H2,16,18). The fourth-order valence-corrected chi connectivity index (χ4v) is 2.86. The number of likely N-dealkylation sites (N-methyl/N-ethyl adjacent to an activating group) is 1. The summed E-state index contributed by atoms with van der Waals surface area (Å²) in [5.41, 5.74) is 6.49. The van der Waals surface area contributed by atoms with Gasteiger partial charge in [-0.1, -0.05) is 12.1 Å². The number of aromatic nitrogens is 5. The van der Waals surface area contributed by atoms with Crippen LogP contribution in [0.1, 0.15) is 37.0 Å². The highest BCUT2D eigenvalue weighted by atomic mass is 16.6. The van der Waals surface area contributed by atoms with Crippen LogP contribution in [0.4, 0.5) is 5.82 Å². The van der Waals surface area contributed by atoms with Crippen LogP contribution in [0.15, 0.2) is 4.63 Å². The van der Waals surface area contributed by atoms with Crippen molar-refractivity contribution in [1.29, 1.82) is 0 Å². The van der Waals surface area contributed by atoms with Gasteiger partial charge in [0.15, 0.2) is 5.69 Å². The van der Waals surface area contributed by atoms with Crippen LogP contribution < -0.4 is 5.73 Å². The Bertz CT molecular complexity index is 748. The first-order valence-electron chi connectivity index (χ1n) is 8.68. The van der Waals surface area contributed by atoms with Gasteiger partial charge in [0.1, 0.15) is 0 Å². The zero-order chi connectivity index (χ0) is 18.7. The smallest absolute Gasteiger partial charge is 0.361 e. The summed E-state index contributed by atoms with van der Waals surface area (Å²) < 4.78 is 11.3. The fourth-order valence-electron chi connectivity index (χ4n) is 2.86. The molecule has 3 heterocycles. The molecule has 0 spiro atoms. The summed E-state index contributed by atoms with van der Waals surface area (Å²) in [6.07, 6.45) is -0.257. The Balaban J connectivity index is 1.88. The van der Waals surface area contributed by atoms with Crippen LogP contribution in [-0.2, 0) is 11.3 Å². The van der Waals surface area contributed by atoms with Crippen LogP contribution in [-0.4, -0.2) is 79.9 Å². The molecule has 11 nitrogen and oxygen atoms in total. The van der Waals surface area contributed by atoms with Crippen molar-refractivity contribution in [3.63, 3.8) is 0 Å². The molecule has 0 radical (unpaired) electrons. The summed E-state index contributed by atoms with van der Waals surface area (Å²) >= 11 is 0. The van der Waals surface area contributed by atoms with Gasteiger partial charge in [-0.05, 0) is 30.7 Å². The van der Waals surface area contributed by atoms with Gasteiger partial charge in [0.2, 0.25) is 11.6 Å². The van der Waals surface area contributed by atoms with Gasteiger partial charge in [0, 0.05) is 32.7 Å². The molecule has 0 atom stereocenters. The SMILES string of the molecule is CCN1CCN(Cc2c(C(=O)OC(C)C)nnn2-c2nonc2N)CC1. The molecule has 1 saturated heterocycles. The maximum absolute atomic E-state index is 12.4. The van der Waals surface area contributed by atoms with E-state index in [0.29, 0.717) is 12.2 Å². The number of piperazine rings is 1. The van der Waals surface area contributed by atoms with Crippen molar-refractivity contribution in [3.8, 4) is 5.82 Å². The Labute approximate surface area is 151 Å². The summed E-state index contributed by atoms with van der Waals surface area (Å²) in [5.74, 6) is -0.234. The summed E-state index contributed by atoms with van der Waals surface area (Å²) in [4.78, 5) is 17.0. The van der Waals surface area contributed by atoms with Crippen molar-refractivity contribution in [2.24, 2.45) is 0 Å². The molecule has 1 aliphatic heterocycles. The molecule has 1 fully saturated rings. The molecule has 2 aromatic rings. The van der Waals surface area contributed by atoms with Crippen molar-refractivity contribution in [2.75, 3.05) is 38.5 Å². The van der Waals surface area contributed by atoms with Gasteiger partial charge in [0.25, 0.3) is 0 Å². The molecule has 0 unspecified atom stereocenters. The van der Waals surface area contributed by atoms with Gasteiger partial charge in [-0.15, -0.1) is 5.10 Å². The van der Waals surface area contributed by atoms with Gasteiger partial charge in [-0.2, -0.15) is 4.68 Å². The number of esters is 1. The van der Waals surface area contributed by atoms with Crippen LogP contribution in [0, 0.1) is 0 Å². The number of hydrogen-bond donors (Lipinski definition) is 1. The van der Waals surface area contributed by atoms with E-state index in [0.717, 1.165) is 32.7 Å². The Hall–Kier alpha value is -2.53. The van der Waals surface area contributed by atoms with E-state index in [2.05, 4.69) is 42.0 Å². The molecular formula is C15H24N8O3. The second-order valence-corrected chi connectivity index (χ2v) is 6.43. The number of nitrogens with zero attached hydrogens (tertiary/aromatic N) is 7. The van der Waals surface area contributed by atoms with E-state index in [1.165, 1.54) is 4.68 Å². The first kappa shape index (κ1) is 18.3. The van der Waals surface area contributed by atoms with Crippen LogP contribution in [0.3, 0.4) is 0 Å². The van der Waals surface area contributed by atoms with Gasteiger partial charge in [-0.25, -0.2) is 9.42 Å². The lowest BCUT2D eigenvalue weighted by Crippen LogP contribution is -2.46. The van der Waals surface area contributed by atoms with E-state index in [4.69, 9.17) is 10.5 Å². The topological polar surface area (TPSA) is 128 Å². The fraction of sp³-hybridized carbons (Fsp3) is 0.667. The predicted octanol–water partition coefficient (Wildman–Crippen LogP) is -0.0648. The molecule has 11 heteroatoms. The molecule has 0 amide bonds. The monoisotopic (exact) mass is 364 g/mol. The quantitative estimate of drug-likeness (QED) is 0.696. The molecule has 0 bridgehead atoms. The molecule has 0 aromatic carbocycles. The summed E-state index contributed by atoms with van der Waals surface area (Å²) in [7, 11) is 0. The maximum Gasteiger partial charge on any atom is 0.361 e. The van der Waals surface area contributed by atoms with E-state index < -0.39 is 5.97 Å². The normalized spacial score (nSPS) is 16.3. The van der Waals surface area contributed by atoms with Gasteiger partial charge in [0.05, 0.1) is 11.8 Å². The minimum absolute atomic E-state index is 0.0794. The number of carbonyl (C=O) groups is 1. The van der Waals surface area contributed by atoms with Crippen molar-refractivity contribution < 1.29 is 14.2 Å². The molecule has 26 heavy (non-hydrogen) atoms. The lowest BCUT2D eigenvalue weighted by molar-refractivity contribution is 0.0367. The van der Waals surface area contributed by atoms with Crippen LogP contribution in [0.5, 0.6) is 0 Å². The van der Waals surface area contributed by atoms with Gasteiger partial charge in [-0.3, -0.25) is 4.90 Å². The number of anilines is 1. The van der Waals surface area contributed by atoms with Crippen LogP contribution >= 0.6 is 0 Å². The van der Waals surface area contributed by atoms with Crippen molar-refractivity contribution in [1.82, 2.24) is 35.1 Å². The average molecular weight is 364 g/mol. The average Bonchev–Trinajstić information content (AvgIpc) is 3.21. The number of nitrogen functional groups attached to an aromatic ring is 1. The zero-order valence-electron chi connectivity index (χ0n) is 15.3. The largest absolute Gasteiger partial charge is 0.458 e. The molecule has 0 saturated carbocycles. The Morgan fingerprint density at radius 1 is 1.23 bits per heavy atom. The van der Waals surface area contributed by atoms with Gasteiger partial charge < -0.3 is 15.4 Å². The summed E-state index contributed by atoms with van der Waals surface area (Å²) in [6, 6.07) is 0. The van der Waals surface area contributed by atoms with E-state index in [9.17, 15) is 4.79 Å². The first-order valence-corrected chi connectivity index (χ1v) is 8.68. The molecule has 3 rings (SSSR count). The van der Waals surface area contributed by atoms with E-state index in [1.54, 1.807) is 13.8 Å². The summed E-state index contributed by atoms with van der Waals surface area (Å²) in [6.45, 7) is 10.9. The van der Waals surface area contributed by atoms with Crippen molar-refractivity contribution >= 4 is 11.8 Å². The second-order valence-electron chi connectivity index (χ2n) is 6.43. The molecular weight excluding hydrogens is 340 g/mol. The number of ether oxygens (including phenoxy) is 1. The number of hydrogen-bond acceptors (Lipinski definition) is 10. The highest BCUT2D eigenvalue weighted by molar-refractivity contribution is 5.88. The molecule has 142 valence electrons. The van der Waals surface area contributed by atoms with Crippen LogP contribution in [0.25, 0.3) is 5.82 Å². The van der Waals surface area contributed by atoms with Crippen molar-refractivity contribution in [3.05, 3.63) is 11.4 Å². The van der Waals surface area contributed by atoms with Gasteiger partial charge >= 0.3 is 5.97 Å². The molecule has 2 aromatic heterocycles. The van der Waals surface area contributed by atoms with E-state index in [1.807, 2.05) is 0 Å². The highest BCUT2D eigenvalue weighted by Gasteiger charge is 2.28. The first-order chi connectivity index (χ1) is 12.5. The third-order valence-electron chi connectivity index (χ3n) is 4.28. The highest BCUT2D eigenvalue weighted by Crippen LogP contribution is 2.19. The lowest BCUT2D eigenvalue weighted by Gasteiger charge is -2.33. The lowest BCUT2D eigenvalue weighted by atomic mass is 10.2. The third kappa shape index (κ3) is 3.83. The zero-order valence-corrected chi connectivity index (χ0v) is 15.3. The molecule has 0 aliphatic carbocycles. The van der Waals surface area contributed by atoms with Crippen LogP contribution in [0.2, 0.25) is 0 Å². The molecule has 1 aliphatic rings. The minimum Gasteiger partial charge on any atom is -0.458 e. The second kappa shape index (κ2) is 7.79. The minimum atomic E-state index is -0.525. The number of rotatable bonds is 6. The number of nitrogens with two attached hydrogens (primary N) is 1. The predicted molar refractivity (Wildman–Crippen MR) is 91.6 cm³/mol. The Kier molecular flexibility index (Phi) is 5.47. The van der Waals surface area contributed by atoms with Crippen molar-refractivity contribution in [2.45, 2.75) is 33.4 Å². The maximum atomic E-state index is 12.4. The Morgan fingerprint density at radius 2 is 1.92 bits per heavy atom. The number of carbonyl (C=O) groups excluding carboxylic acids is 1. The Morgan fingerprint density at radius 3 is 2.50 bits per heavy atom. The van der Waals surface area contributed by atoms with E-state index >= 15 is 0 Å². The van der Waals surface area contributed by atoms with E-state index in [-0.39, 0.29) is 23.4 Å². The summed E-state index contributed by atoms with van der Waals surface area (Å²) in [5, 5.41) is 15.4. The third-order valence-corrected chi connectivity index (χ3v) is 4.28.